The van der Waals surface area contributed by atoms with Gasteiger partial charge in [-0.05, 0) is 38.0 Å². The molecule has 1 aliphatic rings. The molecule has 2 N–H and O–H groups in total. The minimum absolute atomic E-state index is 0.103. The van der Waals surface area contributed by atoms with E-state index in [0.29, 0.717) is 28.5 Å². The molecular formula is C16H21N3O5S. The van der Waals surface area contributed by atoms with E-state index in [0.717, 1.165) is 0 Å². The normalized spacial score (nSPS) is 14.7. The van der Waals surface area contributed by atoms with Crippen LogP contribution in [0.2, 0.25) is 0 Å². The summed E-state index contributed by atoms with van der Waals surface area (Å²) >= 11 is 0. The van der Waals surface area contributed by atoms with E-state index in [1.165, 1.54) is 4.68 Å². The minimum atomic E-state index is -3.68. The fourth-order valence-electron chi connectivity index (χ4n) is 2.83. The third kappa shape index (κ3) is 3.48. The molecule has 0 spiro atoms. The Morgan fingerprint density at radius 1 is 1.32 bits per heavy atom. The maximum Gasteiger partial charge on any atom is 0.244 e. The largest absolute Gasteiger partial charge is 0.454 e. The van der Waals surface area contributed by atoms with Gasteiger partial charge in [0.2, 0.25) is 16.8 Å². The Balaban J connectivity index is 1.64. The van der Waals surface area contributed by atoms with Crippen LogP contribution < -0.4 is 14.2 Å². The molecule has 1 aliphatic heterocycles. The van der Waals surface area contributed by atoms with Crippen molar-refractivity contribution in [3.63, 3.8) is 0 Å². The molecule has 0 amide bonds. The van der Waals surface area contributed by atoms with Crippen molar-refractivity contribution in [3.8, 4) is 11.5 Å². The fraction of sp³-hybridized carbons (Fsp3) is 0.438. The molecule has 25 heavy (non-hydrogen) atoms. The van der Waals surface area contributed by atoms with Gasteiger partial charge in [-0.1, -0.05) is 6.07 Å². The van der Waals surface area contributed by atoms with Gasteiger partial charge in [0.25, 0.3) is 0 Å². The summed E-state index contributed by atoms with van der Waals surface area (Å²) < 4.78 is 39.5. The number of rotatable bonds is 6. The summed E-state index contributed by atoms with van der Waals surface area (Å²) in [5.74, 6) is 1.22. The van der Waals surface area contributed by atoms with Crippen LogP contribution >= 0.6 is 0 Å². The second-order valence-electron chi connectivity index (χ2n) is 5.94. The lowest BCUT2D eigenvalue weighted by molar-refractivity contribution is 0.166. The third-order valence-electron chi connectivity index (χ3n) is 4.20. The first kappa shape index (κ1) is 17.7. The predicted molar refractivity (Wildman–Crippen MR) is 90.0 cm³/mol. The van der Waals surface area contributed by atoms with Crippen LogP contribution in [0.25, 0.3) is 0 Å². The zero-order chi connectivity index (χ0) is 18.2. The lowest BCUT2D eigenvalue weighted by Gasteiger charge is -2.13. The summed E-state index contributed by atoms with van der Waals surface area (Å²) in [4.78, 5) is 0.188. The number of ether oxygens (including phenoxy) is 2. The zero-order valence-electron chi connectivity index (χ0n) is 14.3. The highest BCUT2D eigenvalue weighted by molar-refractivity contribution is 7.89. The summed E-state index contributed by atoms with van der Waals surface area (Å²) in [5.41, 5.74) is 1.67. The Kier molecular flexibility index (Phi) is 4.72. The van der Waals surface area contributed by atoms with Crippen molar-refractivity contribution in [2.45, 2.75) is 31.3 Å². The van der Waals surface area contributed by atoms with Crippen molar-refractivity contribution in [2.24, 2.45) is 7.05 Å². The van der Waals surface area contributed by atoms with Crippen molar-refractivity contribution in [1.29, 1.82) is 0 Å². The number of aryl methyl sites for hydroxylation is 2. The number of aliphatic hydroxyl groups is 1. The molecule has 1 aromatic carbocycles. The summed E-state index contributed by atoms with van der Waals surface area (Å²) in [5, 5.41) is 14.4. The average Bonchev–Trinajstić information content (AvgIpc) is 3.10. The number of nitrogens with one attached hydrogen (secondary N) is 1. The Hall–Kier alpha value is -2.10. The van der Waals surface area contributed by atoms with Crippen molar-refractivity contribution in [1.82, 2.24) is 14.5 Å². The van der Waals surface area contributed by atoms with Crippen molar-refractivity contribution in [3.05, 3.63) is 35.2 Å². The van der Waals surface area contributed by atoms with E-state index in [-0.39, 0.29) is 24.7 Å². The second kappa shape index (κ2) is 6.66. The van der Waals surface area contributed by atoms with E-state index < -0.39 is 16.1 Å². The maximum absolute atomic E-state index is 12.5. The second-order valence-corrected chi connectivity index (χ2v) is 7.64. The van der Waals surface area contributed by atoms with Gasteiger partial charge in [0.05, 0.1) is 17.5 Å². The molecule has 0 saturated heterocycles. The monoisotopic (exact) mass is 367 g/mol. The van der Waals surface area contributed by atoms with E-state index in [4.69, 9.17) is 9.47 Å². The molecule has 0 unspecified atom stereocenters. The van der Waals surface area contributed by atoms with Gasteiger partial charge in [-0.25, -0.2) is 13.1 Å². The molecule has 8 nitrogen and oxygen atoms in total. The molecule has 0 fully saturated rings. The number of hydrogen-bond acceptors (Lipinski definition) is 6. The van der Waals surface area contributed by atoms with Crippen molar-refractivity contribution >= 4 is 10.0 Å². The lowest BCUT2D eigenvalue weighted by atomic mass is 10.1. The van der Waals surface area contributed by atoms with Crippen LogP contribution in [0.1, 0.15) is 29.5 Å². The van der Waals surface area contributed by atoms with Crippen LogP contribution in [-0.4, -0.2) is 36.6 Å². The van der Waals surface area contributed by atoms with Gasteiger partial charge < -0.3 is 14.6 Å². The van der Waals surface area contributed by atoms with E-state index in [2.05, 4.69) is 9.82 Å². The van der Waals surface area contributed by atoms with Crippen molar-refractivity contribution in [2.75, 3.05) is 13.3 Å². The van der Waals surface area contributed by atoms with Gasteiger partial charge in [-0.15, -0.1) is 0 Å². The summed E-state index contributed by atoms with van der Waals surface area (Å²) in [6, 6.07) is 5.17. The van der Waals surface area contributed by atoms with Crippen LogP contribution in [-0.2, 0) is 17.1 Å². The fourth-order valence-corrected chi connectivity index (χ4v) is 4.31. The number of aromatic nitrogens is 2. The van der Waals surface area contributed by atoms with Crippen LogP contribution in [0, 0.1) is 13.8 Å². The maximum atomic E-state index is 12.5. The number of benzene rings is 1. The highest BCUT2D eigenvalue weighted by atomic mass is 32.2. The quantitative estimate of drug-likeness (QED) is 0.794. The van der Waals surface area contributed by atoms with Gasteiger partial charge in [0.1, 0.15) is 4.90 Å². The average molecular weight is 367 g/mol. The molecule has 2 aromatic rings. The number of aliphatic hydroxyl groups excluding tert-OH is 1. The number of nitrogens with zero attached hydrogens (tertiary/aromatic N) is 2. The van der Waals surface area contributed by atoms with Crippen LogP contribution in [0.5, 0.6) is 11.5 Å². The first-order valence-electron chi connectivity index (χ1n) is 7.87. The van der Waals surface area contributed by atoms with Crippen LogP contribution in [0.3, 0.4) is 0 Å². The highest BCUT2D eigenvalue weighted by Crippen LogP contribution is 2.34. The third-order valence-corrected chi connectivity index (χ3v) is 5.92. The topological polar surface area (TPSA) is 103 Å². The van der Waals surface area contributed by atoms with E-state index in [1.807, 2.05) is 0 Å². The first-order chi connectivity index (χ1) is 11.8. The molecule has 1 atom stereocenters. The number of hydrogen-bond donors (Lipinski definition) is 2. The molecule has 0 bridgehead atoms. The summed E-state index contributed by atoms with van der Waals surface area (Å²) in [6.45, 7) is 3.63. The van der Waals surface area contributed by atoms with Gasteiger partial charge in [-0.3, -0.25) is 4.68 Å². The Labute approximate surface area is 146 Å². The van der Waals surface area contributed by atoms with Crippen LogP contribution in [0.15, 0.2) is 23.1 Å². The van der Waals surface area contributed by atoms with E-state index in [1.54, 1.807) is 39.1 Å². The minimum Gasteiger partial charge on any atom is -0.454 e. The molecule has 1 aromatic heterocycles. The highest BCUT2D eigenvalue weighted by Gasteiger charge is 2.24. The van der Waals surface area contributed by atoms with Gasteiger partial charge >= 0.3 is 0 Å². The molecule has 0 saturated carbocycles. The number of sulfonamides is 1. The van der Waals surface area contributed by atoms with E-state index >= 15 is 0 Å². The van der Waals surface area contributed by atoms with Crippen molar-refractivity contribution < 1.29 is 23.0 Å². The molecule has 0 aliphatic carbocycles. The Morgan fingerprint density at radius 2 is 2.04 bits per heavy atom. The van der Waals surface area contributed by atoms with Crippen LogP contribution in [0.4, 0.5) is 0 Å². The predicted octanol–water partition coefficient (Wildman–Crippen LogP) is 1.17. The molecule has 136 valence electrons. The molecule has 0 radical (unpaired) electrons. The SMILES string of the molecule is Cc1nn(C)c(C)c1S(=O)(=O)NCC[C@H](O)c1ccc2c(c1)OCO2. The van der Waals surface area contributed by atoms with E-state index in [9.17, 15) is 13.5 Å². The van der Waals surface area contributed by atoms with Gasteiger partial charge in [0.15, 0.2) is 11.5 Å². The smallest absolute Gasteiger partial charge is 0.244 e. The number of fused-ring (bicyclic) bond motifs is 1. The molecule has 2 heterocycles. The summed E-state index contributed by atoms with van der Waals surface area (Å²) in [6.07, 6.45) is -0.578. The molecule has 9 heteroatoms. The molecular weight excluding hydrogens is 346 g/mol. The first-order valence-corrected chi connectivity index (χ1v) is 9.35. The standard InChI is InChI=1S/C16H21N3O5S/c1-10-16(11(2)19(3)18-10)25(21,22)17-7-6-13(20)12-4-5-14-15(8-12)24-9-23-14/h4-5,8,13,17,20H,6-7,9H2,1-3H3/t13-/m0/s1. The Morgan fingerprint density at radius 3 is 2.72 bits per heavy atom. The molecule has 3 rings (SSSR count). The summed E-state index contributed by atoms with van der Waals surface area (Å²) in [7, 11) is -1.98. The lowest BCUT2D eigenvalue weighted by Crippen LogP contribution is -2.27. The Bertz CT molecular complexity index is 891. The van der Waals surface area contributed by atoms with Gasteiger partial charge in [0, 0.05) is 13.6 Å². The van der Waals surface area contributed by atoms with Gasteiger partial charge in [-0.2, -0.15) is 5.10 Å². The zero-order valence-corrected chi connectivity index (χ0v) is 15.1.